The maximum absolute atomic E-state index is 12.9. The third kappa shape index (κ3) is 4.81. The van der Waals surface area contributed by atoms with Gasteiger partial charge in [-0.05, 0) is 50.1 Å². The van der Waals surface area contributed by atoms with Crippen LogP contribution in [0.5, 0.6) is 11.5 Å². The molecule has 8 heteroatoms. The molecule has 32 heavy (non-hydrogen) atoms. The highest BCUT2D eigenvalue weighted by molar-refractivity contribution is 7.15. The van der Waals surface area contributed by atoms with E-state index in [9.17, 15) is 4.79 Å². The van der Waals surface area contributed by atoms with Crippen LogP contribution in [0.1, 0.15) is 31.5 Å². The van der Waals surface area contributed by atoms with Gasteiger partial charge < -0.3 is 9.47 Å². The van der Waals surface area contributed by atoms with Crippen molar-refractivity contribution in [2.24, 2.45) is 0 Å². The van der Waals surface area contributed by atoms with Crippen molar-refractivity contribution in [1.82, 2.24) is 9.97 Å². The molecule has 0 aliphatic carbocycles. The van der Waals surface area contributed by atoms with Crippen LogP contribution in [-0.4, -0.2) is 23.0 Å². The van der Waals surface area contributed by atoms with Crippen molar-refractivity contribution in [2.45, 2.75) is 27.4 Å². The highest BCUT2D eigenvalue weighted by Gasteiger charge is 2.18. The van der Waals surface area contributed by atoms with Crippen LogP contribution in [-0.2, 0) is 6.61 Å². The Balaban J connectivity index is 1.45. The van der Waals surface area contributed by atoms with Crippen LogP contribution in [0.15, 0.2) is 47.8 Å². The van der Waals surface area contributed by atoms with E-state index in [1.54, 1.807) is 7.11 Å². The normalized spacial score (nSPS) is 10.8. The first kappa shape index (κ1) is 22.0. The molecule has 0 saturated carbocycles. The lowest BCUT2D eigenvalue weighted by Gasteiger charge is -2.08. The zero-order valence-corrected chi connectivity index (χ0v) is 19.9. The van der Waals surface area contributed by atoms with E-state index in [0.717, 1.165) is 38.9 Å². The molecule has 2 heterocycles. The van der Waals surface area contributed by atoms with Gasteiger partial charge in [0.05, 0.1) is 18.5 Å². The SMILES string of the molecule is COc1ccccc1-c1csc(NC(=O)c2sc(COc3cc(C)ccc3C)nc2C)n1. The minimum Gasteiger partial charge on any atom is -0.496 e. The Kier molecular flexibility index (Phi) is 6.53. The molecule has 0 unspecified atom stereocenters. The number of benzene rings is 2. The number of nitrogens with one attached hydrogen (secondary N) is 1. The molecule has 1 amide bonds. The molecule has 6 nitrogen and oxygen atoms in total. The van der Waals surface area contributed by atoms with Gasteiger partial charge in [0.1, 0.15) is 28.0 Å². The first-order valence-electron chi connectivity index (χ1n) is 10.0. The molecule has 0 spiro atoms. The summed E-state index contributed by atoms with van der Waals surface area (Å²) < 4.78 is 11.3. The average molecular weight is 466 g/mol. The largest absolute Gasteiger partial charge is 0.496 e. The number of carbonyl (C=O) groups excluding carboxylic acids is 1. The van der Waals surface area contributed by atoms with Crippen molar-refractivity contribution in [3.63, 3.8) is 0 Å². The Bertz CT molecular complexity index is 1260. The predicted octanol–water partition coefficient (Wildman–Crippen LogP) is 6.03. The lowest BCUT2D eigenvalue weighted by Crippen LogP contribution is -2.11. The van der Waals surface area contributed by atoms with Crippen molar-refractivity contribution in [2.75, 3.05) is 12.4 Å². The molecule has 0 bridgehead atoms. The number of aryl methyl sites for hydroxylation is 3. The maximum atomic E-state index is 12.9. The lowest BCUT2D eigenvalue weighted by molar-refractivity contribution is 0.103. The summed E-state index contributed by atoms with van der Waals surface area (Å²) >= 11 is 2.70. The zero-order chi connectivity index (χ0) is 22.7. The van der Waals surface area contributed by atoms with Gasteiger partial charge in [-0.15, -0.1) is 22.7 Å². The first-order chi connectivity index (χ1) is 15.4. The number of methoxy groups -OCH3 is 1. The van der Waals surface area contributed by atoms with Gasteiger partial charge in [0.25, 0.3) is 5.91 Å². The van der Waals surface area contributed by atoms with E-state index in [4.69, 9.17) is 9.47 Å². The number of hydrogen-bond acceptors (Lipinski definition) is 7. The Morgan fingerprint density at radius 1 is 1.06 bits per heavy atom. The van der Waals surface area contributed by atoms with Gasteiger partial charge in [-0.2, -0.15) is 0 Å². The molecule has 4 rings (SSSR count). The summed E-state index contributed by atoms with van der Waals surface area (Å²) in [6.07, 6.45) is 0. The molecular weight excluding hydrogens is 442 g/mol. The molecule has 164 valence electrons. The molecule has 4 aromatic rings. The van der Waals surface area contributed by atoms with Crippen LogP contribution < -0.4 is 14.8 Å². The molecule has 0 aliphatic rings. The van der Waals surface area contributed by atoms with Crippen molar-refractivity contribution in [1.29, 1.82) is 0 Å². The summed E-state index contributed by atoms with van der Waals surface area (Å²) in [6.45, 7) is 6.18. The van der Waals surface area contributed by atoms with E-state index in [1.165, 1.54) is 22.7 Å². The van der Waals surface area contributed by atoms with Crippen LogP contribution >= 0.6 is 22.7 Å². The molecule has 1 N–H and O–H groups in total. The molecule has 2 aromatic heterocycles. The standard InChI is InChI=1S/C24H23N3O3S2/c1-14-9-10-15(2)20(11-14)30-12-21-25-16(3)22(32-21)23(28)27-24-26-18(13-31-24)17-7-5-6-8-19(17)29-4/h5-11,13H,12H2,1-4H3,(H,26,27,28). The van der Waals surface area contributed by atoms with Crippen LogP contribution in [0.25, 0.3) is 11.3 Å². The molecule has 0 atom stereocenters. The summed E-state index contributed by atoms with van der Waals surface area (Å²) in [5.41, 5.74) is 4.51. The first-order valence-corrected chi connectivity index (χ1v) is 11.7. The van der Waals surface area contributed by atoms with E-state index in [0.29, 0.717) is 22.3 Å². The van der Waals surface area contributed by atoms with Gasteiger partial charge in [0.15, 0.2) is 5.13 Å². The molecular formula is C24H23N3O3S2. The maximum Gasteiger partial charge on any atom is 0.269 e. The van der Waals surface area contributed by atoms with E-state index >= 15 is 0 Å². The Morgan fingerprint density at radius 3 is 2.69 bits per heavy atom. The van der Waals surface area contributed by atoms with Gasteiger partial charge in [-0.3, -0.25) is 10.1 Å². The van der Waals surface area contributed by atoms with Crippen LogP contribution in [0, 0.1) is 20.8 Å². The molecule has 0 aliphatic heterocycles. The number of thiazole rings is 2. The van der Waals surface area contributed by atoms with Crippen molar-refractivity contribution >= 4 is 33.7 Å². The summed E-state index contributed by atoms with van der Waals surface area (Å²) in [6, 6.07) is 13.7. The second kappa shape index (κ2) is 9.50. The minimum absolute atomic E-state index is 0.223. The number of carbonyl (C=O) groups is 1. The van der Waals surface area contributed by atoms with Gasteiger partial charge in [-0.1, -0.05) is 24.3 Å². The number of hydrogen-bond donors (Lipinski definition) is 1. The highest BCUT2D eigenvalue weighted by Crippen LogP contribution is 2.32. The topological polar surface area (TPSA) is 73.3 Å². The summed E-state index contributed by atoms with van der Waals surface area (Å²) in [7, 11) is 1.63. The number of rotatable bonds is 7. The second-order valence-corrected chi connectivity index (χ2v) is 9.21. The van der Waals surface area contributed by atoms with Crippen LogP contribution in [0.2, 0.25) is 0 Å². The number of para-hydroxylation sites is 1. The van der Waals surface area contributed by atoms with Gasteiger partial charge >= 0.3 is 0 Å². The number of nitrogens with zero attached hydrogens (tertiary/aromatic N) is 2. The number of anilines is 1. The predicted molar refractivity (Wildman–Crippen MR) is 129 cm³/mol. The Hall–Kier alpha value is -3.23. The second-order valence-electron chi connectivity index (χ2n) is 7.27. The van der Waals surface area contributed by atoms with Crippen LogP contribution in [0.4, 0.5) is 5.13 Å². The van der Waals surface area contributed by atoms with Gasteiger partial charge in [-0.25, -0.2) is 9.97 Å². The fourth-order valence-electron chi connectivity index (χ4n) is 3.19. The summed E-state index contributed by atoms with van der Waals surface area (Å²) in [5.74, 6) is 1.34. The van der Waals surface area contributed by atoms with Gasteiger partial charge in [0, 0.05) is 10.9 Å². The number of amides is 1. The number of ether oxygens (including phenoxy) is 2. The molecule has 0 radical (unpaired) electrons. The third-order valence-electron chi connectivity index (χ3n) is 4.85. The van der Waals surface area contributed by atoms with E-state index < -0.39 is 0 Å². The Morgan fingerprint density at radius 2 is 1.88 bits per heavy atom. The number of aromatic nitrogens is 2. The molecule has 0 saturated heterocycles. The minimum atomic E-state index is -0.223. The van der Waals surface area contributed by atoms with E-state index in [2.05, 4.69) is 21.4 Å². The monoisotopic (exact) mass is 465 g/mol. The van der Waals surface area contributed by atoms with Crippen molar-refractivity contribution < 1.29 is 14.3 Å². The average Bonchev–Trinajstić information content (AvgIpc) is 3.40. The Labute approximate surface area is 194 Å². The zero-order valence-electron chi connectivity index (χ0n) is 18.3. The fraction of sp³-hybridized carbons (Fsp3) is 0.208. The van der Waals surface area contributed by atoms with Crippen molar-refractivity contribution in [3.05, 3.63) is 74.6 Å². The third-order valence-corrected chi connectivity index (χ3v) is 6.74. The lowest BCUT2D eigenvalue weighted by atomic mass is 10.1. The van der Waals surface area contributed by atoms with Crippen LogP contribution in [0.3, 0.4) is 0 Å². The molecule has 0 fully saturated rings. The molecule has 2 aromatic carbocycles. The fourth-order valence-corrected chi connectivity index (χ4v) is 4.77. The summed E-state index contributed by atoms with van der Waals surface area (Å²) in [4.78, 5) is 22.5. The quantitative estimate of drug-likeness (QED) is 0.361. The van der Waals surface area contributed by atoms with E-state index in [1.807, 2.05) is 62.5 Å². The van der Waals surface area contributed by atoms with E-state index in [-0.39, 0.29) is 5.91 Å². The van der Waals surface area contributed by atoms with Gasteiger partial charge in [0.2, 0.25) is 0 Å². The van der Waals surface area contributed by atoms with Crippen molar-refractivity contribution in [3.8, 4) is 22.8 Å². The smallest absolute Gasteiger partial charge is 0.269 e. The summed E-state index contributed by atoms with van der Waals surface area (Å²) in [5, 5.41) is 6.06. The highest BCUT2D eigenvalue weighted by atomic mass is 32.1.